The Kier molecular flexibility index (Phi) is 13.0. The van der Waals surface area contributed by atoms with Gasteiger partial charge in [-0.1, -0.05) is 78.1 Å². The lowest BCUT2D eigenvalue weighted by Gasteiger charge is -2.27. The lowest BCUT2D eigenvalue weighted by Crippen LogP contribution is -2.34. The van der Waals surface area contributed by atoms with Gasteiger partial charge in [-0.15, -0.1) is 0 Å². The molecule has 0 bridgehead atoms. The van der Waals surface area contributed by atoms with E-state index in [0.29, 0.717) is 6.10 Å². The molecule has 0 saturated heterocycles. The number of hydrogen-bond donors (Lipinski definition) is 0. The third kappa shape index (κ3) is 13.2. The molecule has 0 rings (SSSR count). The first kappa shape index (κ1) is 20.2. The molecule has 0 aromatic carbocycles. The Morgan fingerprint density at radius 1 is 0.750 bits per heavy atom. The summed E-state index contributed by atoms with van der Waals surface area (Å²) in [6.45, 7) is 11.6. The van der Waals surface area contributed by atoms with Crippen molar-refractivity contribution in [1.29, 1.82) is 0 Å². The predicted octanol–water partition coefficient (Wildman–Crippen LogP) is 6.93. The van der Waals surface area contributed by atoms with Crippen LogP contribution in [0.4, 0.5) is 0 Å². The monoisotopic (exact) mass is 300 g/mol. The summed E-state index contributed by atoms with van der Waals surface area (Å²) in [5.41, 5.74) is 0. The van der Waals surface area contributed by atoms with Crippen LogP contribution in [0.25, 0.3) is 0 Å². The van der Waals surface area contributed by atoms with Gasteiger partial charge in [0.25, 0.3) is 0 Å². The molecule has 1 atom stereocenters. The molecule has 0 heterocycles. The minimum atomic E-state index is -1.40. The predicted molar refractivity (Wildman–Crippen MR) is 95.0 cm³/mol. The first-order valence-corrected chi connectivity index (χ1v) is 12.3. The summed E-state index contributed by atoms with van der Waals surface area (Å²) >= 11 is 0. The van der Waals surface area contributed by atoms with Crippen LogP contribution in [0.15, 0.2) is 0 Å². The van der Waals surface area contributed by atoms with Gasteiger partial charge in [0, 0.05) is 6.10 Å². The molecule has 20 heavy (non-hydrogen) atoms. The molecule has 0 N–H and O–H groups in total. The van der Waals surface area contributed by atoms with Crippen LogP contribution in [-0.4, -0.2) is 14.4 Å². The molecular weight excluding hydrogens is 260 g/mol. The quantitative estimate of drug-likeness (QED) is 0.250. The van der Waals surface area contributed by atoms with Crippen LogP contribution in [0.1, 0.15) is 91.4 Å². The van der Waals surface area contributed by atoms with Crippen LogP contribution in [0.3, 0.4) is 0 Å². The minimum Gasteiger partial charge on any atom is -0.415 e. The zero-order valence-electron chi connectivity index (χ0n) is 15.0. The molecule has 2 heteroatoms. The summed E-state index contributed by atoms with van der Waals surface area (Å²) in [6.07, 6.45) is 15.6. The lowest BCUT2D eigenvalue weighted by atomic mass is 10.1. The third-order valence-corrected chi connectivity index (χ3v) is 6.71. The minimum absolute atomic E-state index is 0.480. The third-order valence-electron chi connectivity index (χ3n) is 4.12. The van der Waals surface area contributed by atoms with Gasteiger partial charge in [-0.25, -0.2) is 0 Å². The molecule has 0 aliphatic rings. The fourth-order valence-electron chi connectivity index (χ4n) is 2.85. The summed E-state index contributed by atoms with van der Waals surface area (Å²) in [4.78, 5) is 0. The molecule has 1 nitrogen and oxygen atoms in total. The maximum atomic E-state index is 6.38. The van der Waals surface area contributed by atoms with Gasteiger partial charge in [0.1, 0.15) is 0 Å². The van der Waals surface area contributed by atoms with Crippen LogP contribution in [-0.2, 0) is 4.43 Å². The van der Waals surface area contributed by atoms with E-state index >= 15 is 0 Å². The number of hydrogen-bond acceptors (Lipinski definition) is 1. The highest BCUT2D eigenvalue weighted by molar-refractivity contribution is 6.71. The van der Waals surface area contributed by atoms with Gasteiger partial charge in [-0.3, -0.25) is 0 Å². The van der Waals surface area contributed by atoms with Crippen molar-refractivity contribution in [3.8, 4) is 0 Å². The first-order valence-electron chi connectivity index (χ1n) is 9.19. The largest absolute Gasteiger partial charge is 0.415 e. The van der Waals surface area contributed by atoms with Crippen LogP contribution in [0.5, 0.6) is 0 Å². The van der Waals surface area contributed by atoms with E-state index in [1.54, 1.807) is 0 Å². The second kappa shape index (κ2) is 12.9. The summed E-state index contributed by atoms with van der Waals surface area (Å²) in [5.74, 6) is 0. The second-order valence-electron chi connectivity index (χ2n) is 7.06. The average Bonchev–Trinajstić information content (AvgIpc) is 2.38. The topological polar surface area (TPSA) is 9.23 Å². The maximum Gasteiger partial charge on any atom is 0.187 e. The van der Waals surface area contributed by atoms with Gasteiger partial charge in [0.15, 0.2) is 8.32 Å². The molecule has 1 unspecified atom stereocenters. The molecule has 0 saturated carbocycles. The highest BCUT2D eigenvalue weighted by atomic mass is 28.4. The Morgan fingerprint density at radius 3 is 1.85 bits per heavy atom. The fraction of sp³-hybridized carbons (Fsp3) is 1.00. The Bertz CT molecular complexity index is 204. The lowest BCUT2D eigenvalue weighted by molar-refractivity contribution is 0.195. The zero-order valence-corrected chi connectivity index (χ0v) is 16.0. The molecular formula is C18H40OSi. The van der Waals surface area contributed by atoms with E-state index in [9.17, 15) is 0 Å². The van der Waals surface area contributed by atoms with Gasteiger partial charge in [0.2, 0.25) is 0 Å². The van der Waals surface area contributed by atoms with Crippen molar-refractivity contribution in [3.63, 3.8) is 0 Å². The highest BCUT2D eigenvalue weighted by Gasteiger charge is 2.24. The fourth-order valence-corrected chi connectivity index (χ4v) is 5.28. The standard InChI is InChI=1S/C18H40OSi/c1-6-8-10-12-13-15-17-20(4,5)19-18(3)16-14-11-9-7-2/h18H,6-17H2,1-5H3. The molecule has 122 valence electrons. The first-order chi connectivity index (χ1) is 9.52. The molecule has 0 aliphatic carbocycles. The summed E-state index contributed by atoms with van der Waals surface area (Å²) < 4.78 is 6.38. The zero-order chi connectivity index (χ0) is 15.3. The van der Waals surface area contributed by atoms with Crippen LogP contribution in [0, 0.1) is 0 Å². The Morgan fingerprint density at radius 2 is 1.25 bits per heavy atom. The molecule has 0 amide bonds. The Balaban J connectivity index is 3.60. The van der Waals surface area contributed by atoms with Crippen molar-refractivity contribution in [1.82, 2.24) is 0 Å². The van der Waals surface area contributed by atoms with E-state index in [1.165, 1.54) is 76.7 Å². The maximum absolute atomic E-state index is 6.38. The summed E-state index contributed by atoms with van der Waals surface area (Å²) in [7, 11) is -1.40. The van der Waals surface area contributed by atoms with E-state index in [2.05, 4.69) is 33.9 Å². The van der Waals surface area contributed by atoms with Crippen LogP contribution < -0.4 is 0 Å². The van der Waals surface area contributed by atoms with Gasteiger partial charge in [-0.2, -0.15) is 0 Å². The second-order valence-corrected chi connectivity index (χ2v) is 11.3. The van der Waals surface area contributed by atoms with Crippen molar-refractivity contribution >= 4 is 8.32 Å². The molecule has 0 aromatic rings. The van der Waals surface area contributed by atoms with Crippen molar-refractivity contribution in [2.45, 2.75) is 117 Å². The Labute approximate surface area is 130 Å². The number of unbranched alkanes of at least 4 members (excludes halogenated alkanes) is 8. The van der Waals surface area contributed by atoms with Crippen molar-refractivity contribution < 1.29 is 4.43 Å². The summed E-state index contributed by atoms with van der Waals surface area (Å²) in [6, 6.07) is 1.35. The van der Waals surface area contributed by atoms with E-state index < -0.39 is 8.32 Å². The molecule has 0 aromatic heterocycles. The number of rotatable bonds is 14. The Hall–Kier alpha value is 0.177. The van der Waals surface area contributed by atoms with Crippen LogP contribution in [0.2, 0.25) is 19.1 Å². The van der Waals surface area contributed by atoms with Crippen molar-refractivity contribution in [2.75, 3.05) is 0 Å². The smallest absolute Gasteiger partial charge is 0.187 e. The summed E-state index contributed by atoms with van der Waals surface area (Å²) in [5, 5.41) is 0. The SMILES string of the molecule is CCCCCCCC[Si](C)(C)OC(C)CCCCCC. The van der Waals surface area contributed by atoms with Gasteiger partial charge in [-0.05, 0) is 32.5 Å². The van der Waals surface area contributed by atoms with Gasteiger partial charge >= 0.3 is 0 Å². The molecule has 0 fully saturated rings. The van der Waals surface area contributed by atoms with Crippen LogP contribution >= 0.6 is 0 Å². The van der Waals surface area contributed by atoms with Gasteiger partial charge < -0.3 is 4.43 Å². The normalized spacial score (nSPS) is 13.7. The van der Waals surface area contributed by atoms with Crippen molar-refractivity contribution in [2.24, 2.45) is 0 Å². The van der Waals surface area contributed by atoms with E-state index in [4.69, 9.17) is 4.43 Å². The molecule has 0 radical (unpaired) electrons. The van der Waals surface area contributed by atoms with E-state index in [0.717, 1.165) is 0 Å². The highest BCUT2D eigenvalue weighted by Crippen LogP contribution is 2.21. The van der Waals surface area contributed by atoms with Gasteiger partial charge in [0.05, 0.1) is 0 Å². The molecule has 0 aliphatic heterocycles. The van der Waals surface area contributed by atoms with Crippen molar-refractivity contribution in [3.05, 3.63) is 0 Å². The average molecular weight is 301 g/mol. The van der Waals surface area contributed by atoms with E-state index in [-0.39, 0.29) is 0 Å². The molecule has 0 spiro atoms. The van der Waals surface area contributed by atoms with E-state index in [1.807, 2.05) is 0 Å².